The van der Waals surface area contributed by atoms with Crippen LogP contribution in [0.3, 0.4) is 0 Å². The van der Waals surface area contributed by atoms with Crippen molar-refractivity contribution in [3.05, 3.63) is 42.0 Å². The molecule has 0 saturated heterocycles. The van der Waals surface area contributed by atoms with Crippen molar-refractivity contribution in [2.45, 2.75) is 26.4 Å². The SMILES string of the molecule is Cc1cccc(OCCCN2C(=O)C(C)Oc3ccc(N)nc32)c1. The second kappa shape index (κ2) is 6.78. The van der Waals surface area contributed by atoms with Gasteiger partial charge in [0.1, 0.15) is 11.6 Å². The first kappa shape index (κ1) is 16.1. The number of amides is 1. The number of fused-ring (bicyclic) bond motifs is 1. The molecule has 1 atom stereocenters. The van der Waals surface area contributed by atoms with Crippen LogP contribution in [-0.2, 0) is 4.79 Å². The summed E-state index contributed by atoms with van der Waals surface area (Å²) in [5, 5.41) is 0. The Labute approximate surface area is 141 Å². The van der Waals surface area contributed by atoms with E-state index in [-0.39, 0.29) is 5.91 Å². The van der Waals surface area contributed by atoms with Crippen molar-refractivity contribution in [2.24, 2.45) is 0 Å². The highest BCUT2D eigenvalue weighted by atomic mass is 16.5. The third kappa shape index (κ3) is 3.42. The number of carbonyl (C=O) groups is 1. The van der Waals surface area contributed by atoms with Gasteiger partial charge >= 0.3 is 0 Å². The topological polar surface area (TPSA) is 77.7 Å². The fourth-order valence-electron chi connectivity index (χ4n) is 2.63. The summed E-state index contributed by atoms with van der Waals surface area (Å²) in [6, 6.07) is 11.3. The zero-order valence-electron chi connectivity index (χ0n) is 13.9. The molecule has 0 spiro atoms. The lowest BCUT2D eigenvalue weighted by Gasteiger charge is -2.32. The van der Waals surface area contributed by atoms with Crippen LogP contribution in [0.1, 0.15) is 18.9 Å². The molecule has 1 aliphatic rings. The number of aryl methyl sites for hydroxylation is 1. The molecule has 2 N–H and O–H groups in total. The number of rotatable bonds is 5. The highest BCUT2D eigenvalue weighted by molar-refractivity contribution is 5.98. The van der Waals surface area contributed by atoms with Crippen LogP contribution < -0.4 is 20.1 Å². The van der Waals surface area contributed by atoms with E-state index in [1.807, 2.05) is 31.2 Å². The van der Waals surface area contributed by atoms with Crippen molar-refractivity contribution < 1.29 is 14.3 Å². The van der Waals surface area contributed by atoms with Gasteiger partial charge in [-0.1, -0.05) is 12.1 Å². The van der Waals surface area contributed by atoms with Crippen LogP contribution in [0.5, 0.6) is 11.5 Å². The van der Waals surface area contributed by atoms with Crippen LogP contribution in [0.4, 0.5) is 11.6 Å². The minimum absolute atomic E-state index is 0.115. The molecule has 0 aliphatic carbocycles. The maximum Gasteiger partial charge on any atom is 0.269 e. The predicted octanol–water partition coefficient (Wildman–Crippen LogP) is 2.56. The number of benzene rings is 1. The van der Waals surface area contributed by atoms with Crippen molar-refractivity contribution in [2.75, 3.05) is 23.8 Å². The molecule has 0 bridgehead atoms. The second-order valence-corrected chi connectivity index (χ2v) is 5.83. The molecule has 1 aliphatic heterocycles. The smallest absolute Gasteiger partial charge is 0.269 e. The summed E-state index contributed by atoms with van der Waals surface area (Å²) in [6.45, 7) is 4.77. The van der Waals surface area contributed by atoms with E-state index in [0.717, 1.165) is 11.3 Å². The Balaban J connectivity index is 1.64. The van der Waals surface area contributed by atoms with E-state index in [1.165, 1.54) is 0 Å². The van der Waals surface area contributed by atoms with E-state index in [9.17, 15) is 4.79 Å². The van der Waals surface area contributed by atoms with E-state index < -0.39 is 6.10 Å². The molecule has 1 aromatic carbocycles. The molecular weight excluding hydrogens is 306 g/mol. The molecule has 0 radical (unpaired) electrons. The number of hydrogen-bond donors (Lipinski definition) is 1. The third-order valence-electron chi connectivity index (χ3n) is 3.82. The number of ether oxygens (including phenoxy) is 2. The third-order valence-corrected chi connectivity index (χ3v) is 3.82. The van der Waals surface area contributed by atoms with Gasteiger partial charge in [0.25, 0.3) is 5.91 Å². The van der Waals surface area contributed by atoms with Crippen molar-refractivity contribution >= 4 is 17.5 Å². The lowest BCUT2D eigenvalue weighted by Crippen LogP contribution is -2.45. The zero-order chi connectivity index (χ0) is 17.1. The summed E-state index contributed by atoms with van der Waals surface area (Å²) >= 11 is 0. The molecule has 6 nitrogen and oxygen atoms in total. The Kier molecular flexibility index (Phi) is 4.55. The average Bonchev–Trinajstić information content (AvgIpc) is 2.55. The number of carbonyl (C=O) groups excluding carboxylic acids is 1. The molecule has 1 aromatic heterocycles. The summed E-state index contributed by atoms with van der Waals surface area (Å²) in [5.41, 5.74) is 6.89. The van der Waals surface area contributed by atoms with E-state index in [2.05, 4.69) is 4.98 Å². The van der Waals surface area contributed by atoms with Gasteiger partial charge in [-0.15, -0.1) is 0 Å². The van der Waals surface area contributed by atoms with E-state index in [4.69, 9.17) is 15.2 Å². The first-order valence-electron chi connectivity index (χ1n) is 7.98. The van der Waals surface area contributed by atoms with Crippen molar-refractivity contribution in [3.63, 3.8) is 0 Å². The van der Waals surface area contributed by atoms with Crippen LogP contribution in [0.2, 0.25) is 0 Å². The Bertz CT molecular complexity index is 748. The lowest BCUT2D eigenvalue weighted by atomic mass is 10.2. The first-order valence-corrected chi connectivity index (χ1v) is 7.98. The van der Waals surface area contributed by atoms with E-state index in [0.29, 0.717) is 37.0 Å². The molecule has 0 saturated carbocycles. The minimum atomic E-state index is -0.527. The Hall–Kier alpha value is -2.76. The Morgan fingerprint density at radius 3 is 2.96 bits per heavy atom. The summed E-state index contributed by atoms with van der Waals surface area (Å²) < 4.78 is 11.3. The molecule has 126 valence electrons. The summed E-state index contributed by atoms with van der Waals surface area (Å²) in [7, 11) is 0. The maximum atomic E-state index is 12.4. The van der Waals surface area contributed by atoms with Gasteiger partial charge in [0.15, 0.2) is 17.7 Å². The number of hydrogen-bond acceptors (Lipinski definition) is 5. The van der Waals surface area contributed by atoms with Crippen molar-refractivity contribution in [3.8, 4) is 11.5 Å². The van der Waals surface area contributed by atoms with Gasteiger partial charge in [0, 0.05) is 6.54 Å². The molecular formula is C18H21N3O3. The Morgan fingerprint density at radius 1 is 1.33 bits per heavy atom. The van der Waals surface area contributed by atoms with Crippen molar-refractivity contribution in [1.29, 1.82) is 0 Å². The van der Waals surface area contributed by atoms with Gasteiger partial charge in [-0.25, -0.2) is 4.98 Å². The van der Waals surface area contributed by atoms with Gasteiger partial charge in [-0.2, -0.15) is 0 Å². The number of nitrogen functional groups attached to an aromatic ring is 1. The summed E-state index contributed by atoms with van der Waals surface area (Å²) in [4.78, 5) is 18.3. The Morgan fingerprint density at radius 2 is 2.17 bits per heavy atom. The van der Waals surface area contributed by atoms with Gasteiger partial charge in [0.05, 0.1) is 6.61 Å². The fraction of sp³-hybridized carbons (Fsp3) is 0.333. The number of pyridine rings is 1. The van der Waals surface area contributed by atoms with Crippen LogP contribution in [0.15, 0.2) is 36.4 Å². The zero-order valence-corrected chi connectivity index (χ0v) is 13.9. The molecule has 3 rings (SSSR count). The molecule has 2 heterocycles. The van der Waals surface area contributed by atoms with Crippen LogP contribution in [0, 0.1) is 6.92 Å². The molecule has 2 aromatic rings. The highest BCUT2D eigenvalue weighted by Crippen LogP contribution is 2.32. The normalized spacial score (nSPS) is 16.5. The van der Waals surface area contributed by atoms with Gasteiger partial charge in [-0.3, -0.25) is 9.69 Å². The van der Waals surface area contributed by atoms with Crippen LogP contribution in [0.25, 0.3) is 0 Å². The number of nitrogens with zero attached hydrogens (tertiary/aromatic N) is 2. The molecule has 6 heteroatoms. The van der Waals surface area contributed by atoms with Gasteiger partial charge < -0.3 is 15.2 Å². The average molecular weight is 327 g/mol. The van der Waals surface area contributed by atoms with E-state index >= 15 is 0 Å². The largest absolute Gasteiger partial charge is 0.494 e. The molecule has 1 amide bonds. The van der Waals surface area contributed by atoms with Crippen molar-refractivity contribution in [1.82, 2.24) is 4.98 Å². The second-order valence-electron chi connectivity index (χ2n) is 5.83. The minimum Gasteiger partial charge on any atom is -0.494 e. The summed E-state index contributed by atoms with van der Waals surface area (Å²) in [6.07, 6.45) is 0.156. The number of anilines is 2. The number of nitrogens with two attached hydrogens (primary N) is 1. The quantitative estimate of drug-likeness (QED) is 0.854. The standard InChI is InChI=1S/C18H21N3O3/c1-12-5-3-6-14(11-12)23-10-4-9-21-17-15(7-8-16(19)20-17)24-13(2)18(21)22/h3,5-8,11,13H,4,9-10H2,1-2H3,(H2,19,20). The van der Waals surface area contributed by atoms with Crippen LogP contribution in [-0.4, -0.2) is 30.1 Å². The molecule has 24 heavy (non-hydrogen) atoms. The molecule has 0 fully saturated rings. The first-order chi connectivity index (χ1) is 11.5. The molecule has 1 unspecified atom stereocenters. The summed E-state index contributed by atoms with van der Waals surface area (Å²) in [5.74, 6) is 2.14. The monoisotopic (exact) mass is 327 g/mol. The van der Waals surface area contributed by atoms with Gasteiger partial charge in [-0.05, 0) is 50.1 Å². The lowest BCUT2D eigenvalue weighted by molar-refractivity contribution is -0.125. The van der Waals surface area contributed by atoms with Crippen LogP contribution >= 0.6 is 0 Å². The fourth-order valence-corrected chi connectivity index (χ4v) is 2.63. The van der Waals surface area contributed by atoms with E-state index in [1.54, 1.807) is 24.0 Å². The number of aromatic nitrogens is 1. The van der Waals surface area contributed by atoms with Gasteiger partial charge in [0.2, 0.25) is 0 Å². The highest BCUT2D eigenvalue weighted by Gasteiger charge is 2.32. The maximum absolute atomic E-state index is 12.4. The predicted molar refractivity (Wildman–Crippen MR) is 92.4 cm³/mol.